The van der Waals surface area contributed by atoms with E-state index < -0.39 is 5.97 Å². The van der Waals surface area contributed by atoms with Crippen molar-refractivity contribution in [3.63, 3.8) is 0 Å². The highest BCUT2D eigenvalue weighted by Gasteiger charge is 2.19. The van der Waals surface area contributed by atoms with Crippen LogP contribution in [0.1, 0.15) is 58.8 Å². The summed E-state index contributed by atoms with van der Waals surface area (Å²) in [5.41, 5.74) is 0. The molecule has 0 aliphatic carbocycles. The van der Waals surface area contributed by atoms with E-state index in [2.05, 4.69) is 18.2 Å². The second-order valence-electron chi connectivity index (χ2n) is 4.84. The van der Waals surface area contributed by atoms with Gasteiger partial charge in [-0.3, -0.25) is 9.79 Å². The molecule has 0 aliphatic heterocycles. The average molecular weight is 301 g/mol. The van der Waals surface area contributed by atoms with Gasteiger partial charge in [0.2, 0.25) is 0 Å². The molecule has 2 atom stereocenters. The van der Waals surface area contributed by atoms with Crippen molar-refractivity contribution in [3.05, 3.63) is 0 Å². The van der Waals surface area contributed by atoms with Gasteiger partial charge in [-0.05, 0) is 32.4 Å². The maximum absolute atomic E-state index is 11.3. The van der Waals surface area contributed by atoms with Gasteiger partial charge in [-0.2, -0.15) is 0 Å². The van der Waals surface area contributed by atoms with Crippen LogP contribution in [0.15, 0.2) is 4.99 Å². The van der Waals surface area contributed by atoms with Crippen molar-refractivity contribution in [2.75, 3.05) is 6.35 Å². The molecule has 0 spiro atoms. The van der Waals surface area contributed by atoms with Gasteiger partial charge in [0.15, 0.2) is 0 Å². The lowest BCUT2D eigenvalue weighted by Gasteiger charge is -2.16. The molecule has 20 heavy (non-hydrogen) atoms. The molecule has 4 nitrogen and oxygen atoms in total. The summed E-state index contributed by atoms with van der Waals surface area (Å²) in [4.78, 5) is 15.5. The summed E-state index contributed by atoms with van der Waals surface area (Å²) in [6.45, 7) is 4.00. The summed E-state index contributed by atoms with van der Waals surface area (Å²) < 4.78 is 5.54. The Hall–Kier alpha value is -0.730. The zero-order valence-electron chi connectivity index (χ0n) is 12.8. The average Bonchev–Trinajstić information content (AvgIpc) is 2.43. The van der Waals surface area contributed by atoms with Gasteiger partial charge in [-0.1, -0.05) is 47.1 Å². The van der Waals surface area contributed by atoms with E-state index in [0.717, 1.165) is 27.5 Å². The Balaban J connectivity index is 4.14. The topological polar surface area (TPSA) is 58.9 Å². The molecule has 0 saturated carbocycles. The molecular weight excluding hydrogens is 273 g/mol. The number of unbranched alkanes of at least 4 members (excludes halogenated alkanes) is 3. The van der Waals surface area contributed by atoms with Gasteiger partial charge in [0.25, 0.3) is 0 Å². The van der Waals surface area contributed by atoms with Crippen LogP contribution in [0.3, 0.4) is 0 Å². The molecule has 0 saturated heterocycles. The third kappa shape index (κ3) is 10.1. The van der Waals surface area contributed by atoms with Crippen LogP contribution in [-0.2, 0) is 9.53 Å². The van der Waals surface area contributed by atoms with Crippen molar-refractivity contribution in [1.29, 1.82) is 0 Å². The van der Waals surface area contributed by atoms with Gasteiger partial charge in [0.05, 0.1) is 12.3 Å². The van der Waals surface area contributed by atoms with Crippen molar-refractivity contribution in [3.8, 4) is 0 Å². The second-order valence-corrected chi connectivity index (χ2v) is 5.55. The number of carboxylic acid groups (broad SMARTS) is 1. The van der Waals surface area contributed by atoms with E-state index in [9.17, 15) is 9.90 Å². The van der Waals surface area contributed by atoms with E-state index in [1.807, 2.05) is 6.92 Å². The van der Waals surface area contributed by atoms with Crippen LogP contribution in [0, 0.1) is 5.92 Å². The molecule has 0 aromatic rings. The van der Waals surface area contributed by atoms with E-state index in [-0.39, 0.29) is 12.1 Å². The predicted molar refractivity (Wildman–Crippen MR) is 87.1 cm³/mol. The quantitative estimate of drug-likeness (QED) is 0.315. The second kappa shape index (κ2) is 13.3. The molecule has 0 rings (SSSR count). The lowest BCUT2D eigenvalue weighted by Crippen LogP contribution is -2.18. The number of hydrogen-bond donors (Lipinski definition) is 1. The largest absolute Gasteiger partial charge is 0.481 e. The molecule has 5 heteroatoms. The van der Waals surface area contributed by atoms with E-state index in [1.54, 1.807) is 6.21 Å². The summed E-state index contributed by atoms with van der Waals surface area (Å²) in [5.74, 6) is -0.974. The van der Waals surface area contributed by atoms with E-state index >= 15 is 0 Å². The van der Waals surface area contributed by atoms with Crippen molar-refractivity contribution in [2.45, 2.75) is 65.0 Å². The van der Waals surface area contributed by atoms with E-state index in [4.69, 9.17) is 4.74 Å². The van der Waals surface area contributed by atoms with Crippen LogP contribution >= 0.6 is 8.20 Å². The van der Waals surface area contributed by atoms with Crippen LogP contribution in [0.4, 0.5) is 0 Å². The Kier molecular flexibility index (Phi) is 12.8. The molecule has 0 bridgehead atoms. The molecule has 116 valence electrons. The Morgan fingerprint density at radius 2 is 2.10 bits per heavy atom. The summed E-state index contributed by atoms with van der Waals surface area (Å²) >= 11 is 0. The van der Waals surface area contributed by atoms with Crippen LogP contribution in [0.2, 0.25) is 0 Å². The van der Waals surface area contributed by atoms with Crippen LogP contribution in [-0.4, -0.2) is 36.2 Å². The molecular formula is C15H28NO3P. The van der Waals surface area contributed by atoms with Gasteiger partial charge in [-0.25, -0.2) is 0 Å². The first-order valence-corrected chi connectivity index (χ1v) is 8.66. The first kappa shape index (κ1) is 19.3. The van der Waals surface area contributed by atoms with Gasteiger partial charge < -0.3 is 9.84 Å². The number of carboxylic acids is 1. The van der Waals surface area contributed by atoms with Crippen LogP contribution < -0.4 is 0 Å². The van der Waals surface area contributed by atoms with Gasteiger partial charge in [0.1, 0.15) is 6.23 Å². The Morgan fingerprint density at radius 1 is 1.35 bits per heavy atom. The number of carbonyl (C=O) groups is 1. The lowest BCUT2D eigenvalue weighted by atomic mass is 9.95. The van der Waals surface area contributed by atoms with Crippen molar-refractivity contribution in [1.82, 2.24) is 0 Å². The third-order valence-corrected chi connectivity index (χ3v) is 3.52. The van der Waals surface area contributed by atoms with Crippen molar-refractivity contribution in [2.24, 2.45) is 10.9 Å². The Labute approximate surface area is 124 Å². The molecule has 0 fully saturated rings. The molecule has 0 aliphatic rings. The minimum absolute atomic E-state index is 0.230. The minimum atomic E-state index is -0.698. The number of hydrogen-bond acceptors (Lipinski definition) is 3. The van der Waals surface area contributed by atoms with Crippen LogP contribution in [0.5, 0.6) is 0 Å². The molecule has 2 unspecified atom stereocenters. The van der Waals surface area contributed by atoms with Crippen molar-refractivity contribution >= 4 is 26.7 Å². The summed E-state index contributed by atoms with van der Waals surface area (Å²) in [5, 5.41) is 9.26. The molecule has 0 aromatic carbocycles. The maximum Gasteiger partial charge on any atom is 0.306 e. The smallest absolute Gasteiger partial charge is 0.306 e. The SMILES string of the molecule is C=PCOC(CCC(CCCCCC)C(=O)O)N=CC. The fourth-order valence-corrected chi connectivity index (χ4v) is 2.34. The Morgan fingerprint density at radius 3 is 2.65 bits per heavy atom. The Bertz CT molecular complexity index is 295. The number of aliphatic imine (C=N–C) groups is 1. The van der Waals surface area contributed by atoms with Crippen LogP contribution in [0.25, 0.3) is 0 Å². The number of ether oxygens (including phenoxy) is 1. The maximum atomic E-state index is 11.3. The summed E-state index contributed by atoms with van der Waals surface area (Å²) in [6.07, 6.45) is 12.2. The fourth-order valence-electron chi connectivity index (χ4n) is 2.06. The van der Waals surface area contributed by atoms with E-state index in [0.29, 0.717) is 19.2 Å². The predicted octanol–water partition coefficient (Wildman–Crippen LogP) is 4.21. The number of rotatable bonds is 13. The molecule has 0 radical (unpaired) electrons. The highest BCUT2D eigenvalue weighted by Crippen LogP contribution is 2.19. The highest BCUT2D eigenvalue weighted by molar-refractivity contribution is 7.36. The minimum Gasteiger partial charge on any atom is -0.481 e. The normalized spacial score (nSPS) is 14.7. The molecule has 1 N–H and O–H groups in total. The summed E-state index contributed by atoms with van der Waals surface area (Å²) in [6, 6.07) is 0. The molecule has 0 aromatic heterocycles. The van der Waals surface area contributed by atoms with Gasteiger partial charge in [0, 0.05) is 0 Å². The van der Waals surface area contributed by atoms with Gasteiger partial charge >= 0.3 is 5.97 Å². The number of nitrogens with zero attached hydrogens (tertiary/aromatic N) is 1. The zero-order chi connectivity index (χ0) is 15.2. The first-order chi connectivity index (χ1) is 9.65. The standard InChI is InChI=1S/C15H28NO3P/c1-4-6-7-8-9-13(15(17)18)10-11-14(16-5-2)19-12-20-3/h5,13-14H,3-4,6-12H2,1-2H3,(H,17,18). The monoisotopic (exact) mass is 301 g/mol. The van der Waals surface area contributed by atoms with Gasteiger partial charge in [-0.15, -0.1) is 0 Å². The number of aliphatic carboxylic acids is 1. The third-order valence-electron chi connectivity index (χ3n) is 3.19. The first-order valence-electron chi connectivity index (χ1n) is 7.40. The summed E-state index contributed by atoms with van der Waals surface area (Å²) in [7, 11) is 0.920. The van der Waals surface area contributed by atoms with E-state index in [1.165, 1.54) is 12.8 Å². The zero-order valence-corrected chi connectivity index (χ0v) is 13.6. The lowest BCUT2D eigenvalue weighted by molar-refractivity contribution is -0.142. The fraction of sp³-hybridized carbons (Fsp3) is 0.800. The highest BCUT2D eigenvalue weighted by atomic mass is 31.1. The molecule has 0 heterocycles. The van der Waals surface area contributed by atoms with Crippen molar-refractivity contribution < 1.29 is 14.6 Å². The molecule has 0 amide bonds.